The van der Waals surface area contributed by atoms with Gasteiger partial charge in [0.1, 0.15) is 0 Å². The second kappa shape index (κ2) is 2.01. The third kappa shape index (κ3) is 0.658. The van der Waals surface area contributed by atoms with Gasteiger partial charge >= 0.3 is 0 Å². The van der Waals surface area contributed by atoms with Gasteiger partial charge in [-0.05, 0) is 56.4 Å². The molecule has 3 saturated carbocycles. The number of hydrogen-bond donors (Lipinski definition) is 1. The first kappa shape index (κ1) is 6.47. The van der Waals surface area contributed by atoms with Gasteiger partial charge in [-0.1, -0.05) is 0 Å². The molecular formula is C10H17N. The molecule has 3 aliphatic carbocycles. The third-order valence-corrected chi connectivity index (χ3v) is 4.52. The standard InChI is InChI=1S/C10H17N/c1-11-9-5-8-6-2-3-7(4-6)10(8)9/h6-11H,2-5H2,1H3/t6?,7?,8-,9-,10+/m0/s1. The highest BCUT2D eigenvalue weighted by molar-refractivity contribution is 5.08. The molecule has 5 atom stereocenters. The fraction of sp³-hybridized carbons (Fsp3) is 1.00. The van der Waals surface area contributed by atoms with Gasteiger partial charge in [0.15, 0.2) is 0 Å². The van der Waals surface area contributed by atoms with Crippen LogP contribution in [0.2, 0.25) is 0 Å². The Morgan fingerprint density at radius 1 is 1.09 bits per heavy atom. The lowest BCUT2D eigenvalue weighted by Crippen LogP contribution is -2.51. The lowest BCUT2D eigenvalue weighted by Gasteiger charge is -2.47. The van der Waals surface area contributed by atoms with E-state index in [9.17, 15) is 0 Å². The van der Waals surface area contributed by atoms with Crippen LogP contribution in [0, 0.1) is 23.7 Å². The SMILES string of the molecule is CN[C@H]1C[C@H]2C3CCC(C3)[C@@H]12. The minimum absolute atomic E-state index is 0.898. The summed E-state index contributed by atoms with van der Waals surface area (Å²) in [5, 5.41) is 3.46. The number of nitrogens with one attached hydrogen (secondary N) is 1. The molecule has 0 radical (unpaired) electrons. The second-order valence-corrected chi connectivity index (χ2v) is 4.71. The van der Waals surface area contributed by atoms with Crippen molar-refractivity contribution in [2.75, 3.05) is 7.05 Å². The molecule has 3 aliphatic rings. The Bertz CT molecular complexity index is 176. The number of hydrogen-bond acceptors (Lipinski definition) is 1. The summed E-state index contributed by atoms with van der Waals surface area (Å²) in [5.41, 5.74) is 0. The zero-order valence-corrected chi connectivity index (χ0v) is 7.22. The normalized spacial score (nSPS) is 59.2. The first-order chi connectivity index (χ1) is 5.40. The fourth-order valence-electron chi connectivity index (χ4n) is 4.00. The van der Waals surface area contributed by atoms with Crippen LogP contribution in [0.25, 0.3) is 0 Å². The predicted molar refractivity (Wildman–Crippen MR) is 45.3 cm³/mol. The van der Waals surface area contributed by atoms with Crippen LogP contribution in [0.5, 0.6) is 0 Å². The van der Waals surface area contributed by atoms with E-state index in [1.807, 2.05) is 0 Å². The van der Waals surface area contributed by atoms with E-state index in [2.05, 4.69) is 12.4 Å². The van der Waals surface area contributed by atoms with Crippen molar-refractivity contribution in [3.05, 3.63) is 0 Å². The van der Waals surface area contributed by atoms with E-state index < -0.39 is 0 Å². The van der Waals surface area contributed by atoms with Crippen molar-refractivity contribution in [1.29, 1.82) is 0 Å². The summed E-state index contributed by atoms with van der Waals surface area (Å²) < 4.78 is 0. The van der Waals surface area contributed by atoms with E-state index in [0.717, 1.165) is 29.7 Å². The summed E-state index contributed by atoms with van der Waals surface area (Å²) in [6, 6.07) is 0.898. The highest BCUT2D eigenvalue weighted by Gasteiger charge is 2.56. The van der Waals surface area contributed by atoms with Gasteiger partial charge in [-0.2, -0.15) is 0 Å². The van der Waals surface area contributed by atoms with Gasteiger partial charge in [-0.3, -0.25) is 0 Å². The van der Waals surface area contributed by atoms with Crippen molar-refractivity contribution in [3.63, 3.8) is 0 Å². The zero-order chi connectivity index (χ0) is 7.42. The van der Waals surface area contributed by atoms with Crippen LogP contribution in [0.1, 0.15) is 25.7 Å². The lowest BCUT2D eigenvalue weighted by molar-refractivity contribution is 0.0543. The minimum Gasteiger partial charge on any atom is -0.317 e. The molecule has 0 aromatic rings. The maximum atomic E-state index is 3.46. The minimum atomic E-state index is 0.898. The second-order valence-electron chi connectivity index (χ2n) is 4.71. The van der Waals surface area contributed by atoms with E-state index in [0.29, 0.717) is 0 Å². The van der Waals surface area contributed by atoms with Crippen LogP contribution < -0.4 is 5.32 Å². The molecule has 2 bridgehead atoms. The zero-order valence-electron chi connectivity index (χ0n) is 7.22. The van der Waals surface area contributed by atoms with Crippen LogP contribution in [0.4, 0.5) is 0 Å². The molecule has 0 aliphatic heterocycles. The van der Waals surface area contributed by atoms with Gasteiger partial charge in [-0.25, -0.2) is 0 Å². The molecule has 0 spiro atoms. The molecule has 0 aromatic heterocycles. The average Bonchev–Trinajstić information content (AvgIpc) is 2.43. The van der Waals surface area contributed by atoms with Gasteiger partial charge < -0.3 is 5.32 Å². The predicted octanol–water partition coefficient (Wildman–Crippen LogP) is 1.64. The Labute approximate surface area is 68.6 Å². The Kier molecular flexibility index (Phi) is 1.18. The van der Waals surface area contributed by atoms with Gasteiger partial charge in [0.25, 0.3) is 0 Å². The van der Waals surface area contributed by atoms with Crippen molar-refractivity contribution in [3.8, 4) is 0 Å². The Balaban J connectivity index is 1.80. The highest BCUT2D eigenvalue weighted by atomic mass is 14.9. The maximum Gasteiger partial charge on any atom is 0.0101 e. The molecule has 1 N–H and O–H groups in total. The van der Waals surface area contributed by atoms with E-state index in [4.69, 9.17) is 0 Å². The molecule has 3 fully saturated rings. The van der Waals surface area contributed by atoms with E-state index in [-0.39, 0.29) is 0 Å². The largest absolute Gasteiger partial charge is 0.317 e. The van der Waals surface area contributed by atoms with Crippen LogP contribution in [-0.2, 0) is 0 Å². The first-order valence-electron chi connectivity index (χ1n) is 5.07. The average molecular weight is 151 g/mol. The summed E-state index contributed by atoms with van der Waals surface area (Å²) in [4.78, 5) is 0. The van der Waals surface area contributed by atoms with Gasteiger partial charge in [0.2, 0.25) is 0 Å². The smallest absolute Gasteiger partial charge is 0.0101 e. The molecule has 0 aromatic carbocycles. The van der Waals surface area contributed by atoms with Gasteiger partial charge in [0, 0.05) is 6.04 Å². The van der Waals surface area contributed by atoms with Gasteiger partial charge in [0.05, 0.1) is 0 Å². The molecule has 0 heterocycles. The topological polar surface area (TPSA) is 12.0 Å². The molecule has 62 valence electrons. The summed E-state index contributed by atoms with van der Waals surface area (Å²) in [5.74, 6) is 4.51. The molecule has 0 saturated heterocycles. The van der Waals surface area contributed by atoms with Crippen LogP contribution in [0.15, 0.2) is 0 Å². The van der Waals surface area contributed by atoms with Crippen molar-refractivity contribution in [1.82, 2.24) is 5.32 Å². The molecule has 3 rings (SSSR count). The Morgan fingerprint density at radius 2 is 1.91 bits per heavy atom. The first-order valence-corrected chi connectivity index (χ1v) is 5.07. The molecule has 0 amide bonds. The quantitative estimate of drug-likeness (QED) is 0.600. The third-order valence-electron chi connectivity index (χ3n) is 4.52. The summed E-state index contributed by atoms with van der Waals surface area (Å²) in [6.07, 6.45) is 6.17. The van der Waals surface area contributed by atoms with E-state index in [1.54, 1.807) is 19.3 Å². The number of fused-ring (bicyclic) bond motifs is 5. The lowest BCUT2D eigenvalue weighted by atomic mass is 9.62. The molecule has 11 heavy (non-hydrogen) atoms. The highest BCUT2D eigenvalue weighted by Crippen LogP contribution is 2.60. The summed E-state index contributed by atoms with van der Waals surface area (Å²) >= 11 is 0. The summed E-state index contributed by atoms with van der Waals surface area (Å²) in [7, 11) is 2.13. The Morgan fingerprint density at radius 3 is 2.64 bits per heavy atom. The molecule has 1 nitrogen and oxygen atoms in total. The van der Waals surface area contributed by atoms with Crippen molar-refractivity contribution in [2.24, 2.45) is 23.7 Å². The van der Waals surface area contributed by atoms with Crippen molar-refractivity contribution in [2.45, 2.75) is 31.7 Å². The van der Waals surface area contributed by atoms with Crippen LogP contribution in [0.3, 0.4) is 0 Å². The van der Waals surface area contributed by atoms with Gasteiger partial charge in [-0.15, -0.1) is 0 Å². The van der Waals surface area contributed by atoms with E-state index in [1.165, 1.54) is 6.42 Å². The maximum absolute atomic E-state index is 3.46. The monoisotopic (exact) mass is 151 g/mol. The fourth-order valence-corrected chi connectivity index (χ4v) is 4.00. The summed E-state index contributed by atoms with van der Waals surface area (Å²) in [6.45, 7) is 0. The molecule has 2 unspecified atom stereocenters. The molecule has 1 heteroatoms. The van der Waals surface area contributed by atoms with Crippen molar-refractivity contribution >= 4 is 0 Å². The van der Waals surface area contributed by atoms with Crippen LogP contribution in [-0.4, -0.2) is 13.1 Å². The number of rotatable bonds is 1. The van der Waals surface area contributed by atoms with E-state index >= 15 is 0 Å². The Hall–Kier alpha value is -0.0400. The molecular weight excluding hydrogens is 134 g/mol. The van der Waals surface area contributed by atoms with Crippen molar-refractivity contribution < 1.29 is 0 Å². The van der Waals surface area contributed by atoms with Crippen LogP contribution >= 0.6 is 0 Å².